The van der Waals surface area contributed by atoms with Gasteiger partial charge in [-0.05, 0) is 80.3 Å². The highest BCUT2D eigenvalue weighted by atomic mass is 32.2. The minimum atomic E-state index is -4.29. The lowest BCUT2D eigenvalue weighted by Gasteiger charge is -2.33. The minimum Gasteiger partial charge on any atom is -0.497 e. The summed E-state index contributed by atoms with van der Waals surface area (Å²) in [5.41, 5.74) is 2.76. The first-order valence-electron chi connectivity index (χ1n) is 14.0. The van der Waals surface area contributed by atoms with Crippen LogP contribution in [0.1, 0.15) is 37.0 Å². The topological polar surface area (TPSA) is 114 Å². The first-order valence-corrected chi connectivity index (χ1v) is 15.5. The molecule has 0 saturated heterocycles. The van der Waals surface area contributed by atoms with Crippen molar-refractivity contribution in [1.82, 2.24) is 10.2 Å². The SMILES string of the molecule is CCNC(=O)C(CC)N(Cc1ccc(OC)cc1)C(=O)CN(c1cc(C)cc(C)c1)S(=O)(=O)c1ccc(OC)c(OC)c1. The van der Waals surface area contributed by atoms with Gasteiger partial charge < -0.3 is 24.4 Å². The fraction of sp³-hybridized carbons (Fsp3) is 0.375. The van der Waals surface area contributed by atoms with Crippen LogP contribution in [-0.2, 0) is 26.2 Å². The number of likely N-dealkylation sites (N-methyl/N-ethyl adjacent to an activating group) is 1. The first kappa shape index (κ1) is 33.3. The molecule has 0 aliphatic heterocycles. The molecule has 3 aromatic carbocycles. The Bertz CT molecular complexity index is 1500. The molecule has 10 nitrogen and oxygen atoms in total. The van der Waals surface area contributed by atoms with Crippen LogP contribution in [0.2, 0.25) is 0 Å². The second kappa shape index (κ2) is 14.8. The molecule has 0 bridgehead atoms. The number of carbonyl (C=O) groups excluding carboxylic acids is 2. The van der Waals surface area contributed by atoms with Crippen LogP contribution in [0, 0.1) is 13.8 Å². The van der Waals surface area contributed by atoms with Crippen LogP contribution in [-0.4, -0.2) is 65.6 Å². The number of sulfonamides is 1. The van der Waals surface area contributed by atoms with E-state index in [-0.39, 0.29) is 23.1 Å². The van der Waals surface area contributed by atoms with Gasteiger partial charge in [0.25, 0.3) is 10.0 Å². The number of hydrogen-bond acceptors (Lipinski definition) is 7. The van der Waals surface area contributed by atoms with Crippen LogP contribution in [0.5, 0.6) is 17.2 Å². The molecule has 0 aromatic heterocycles. The Morgan fingerprint density at radius 2 is 1.47 bits per heavy atom. The van der Waals surface area contributed by atoms with E-state index in [1.165, 1.54) is 37.3 Å². The van der Waals surface area contributed by atoms with Crippen molar-refractivity contribution in [1.29, 1.82) is 0 Å². The van der Waals surface area contributed by atoms with E-state index in [0.29, 0.717) is 30.2 Å². The smallest absolute Gasteiger partial charge is 0.264 e. The summed E-state index contributed by atoms with van der Waals surface area (Å²) in [6.45, 7) is 7.28. The highest BCUT2D eigenvalue weighted by Crippen LogP contribution is 2.33. The van der Waals surface area contributed by atoms with Crippen molar-refractivity contribution >= 4 is 27.5 Å². The Balaban J connectivity index is 2.13. The van der Waals surface area contributed by atoms with E-state index < -0.39 is 28.5 Å². The number of nitrogens with one attached hydrogen (secondary N) is 1. The van der Waals surface area contributed by atoms with Gasteiger partial charge in [-0.3, -0.25) is 13.9 Å². The summed E-state index contributed by atoms with van der Waals surface area (Å²) in [5, 5.41) is 2.80. The van der Waals surface area contributed by atoms with Crippen LogP contribution >= 0.6 is 0 Å². The van der Waals surface area contributed by atoms with E-state index in [1.807, 2.05) is 39.0 Å². The summed E-state index contributed by atoms with van der Waals surface area (Å²) in [4.78, 5) is 28.7. The lowest BCUT2D eigenvalue weighted by atomic mass is 10.1. The van der Waals surface area contributed by atoms with Gasteiger partial charge in [0, 0.05) is 19.2 Å². The molecule has 43 heavy (non-hydrogen) atoms. The van der Waals surface area contributed by atoms with Gasteiger partial charge in [-0.1, -0.05) is 25.1 Å². The zero-order chi connectivity index (χ0) is 31.7. The number of anilines is 1. The summed E-state index contributed by atoms with van der Waals surface area (Å²) in [7, 11) is 0.158. The lowest BCUT2D eigenvalue weighted by Crippen LogP contribution is -2.52. The summed E-state index contributed by atoms with van der Waals surface area (Å²) >= 11 is 0. The number of amides is 2. The van der Waals surface area contributed by atoms with Crippen molar-refractivity contribution in [2.75, 3.05) is 38.7 Å². The molecular formula is C32H41N3O7S. The molecule has 1 unspecified atom stereocenters. The molecule has 0 saturated carbocycles. The predicted molar refractivity (Wildman–Crippen MR) is 166 cm³/mol. The van der Waals surface area contributed by atoms with Crippen LogP contribution in [0.3, 0.4) is 0 Å². The number of methoxy groups -OCH3 is 3. The molecule has 0 fully saturated rings. The maximum atomic E-state index is 14.3. The standard InChI is InChI=1S/C32H41N3O7S/c1-8-28(32(37)33-9-2)34(20-24-10-12-26(40-5)13-11-24)31(36)21-35(25-17-22(3)16-23(4)18-25)43(38,39)27-14-15-29(41-6)30(19-27)42-7/h10-19,28H,8-9,20-21H2,1-7H3,(H,33,37). The Morgan fingerprint density at radius 3 is 2.00 bits per heavy atom. The van der Waals surface area contributed by atoms with E-state index in [2.05, 4.69) is 5.32 Å². The second-order valence-electron chi connectivity index (χ2n) is 10.1. The van der Waals surface area contributed by atoms with Gasteiger partial charge in [-0.2, -0.15) is 0 Å². The fourth-order valence-corrected chi connectivity index (χ4v) is 6.28. The monoisotopic (exact) mass is 611 g/mol. The van der Waals surface area contributed by atoms with Crippen molar-refractivity contribution in [2.24, 2.45) is 0 Å². The normalized spacial score (nSPS) is 11.8. The zero-order valence-corrected chi connectivity index (χ0v) is 26.7. The first-order chi connectivity index (χ1) is 20.5. The molecule has 1 atom stereocenters. The summed E-state index contributed by atoms with van der Waals surface area (Å²) in [6.07, 6.45) is 0.333. The van der Waals surface area contributed by atoms with E-state index in [1.54, 1.807) is 38.3 Å². The predicted octanol–water partition coefficient (Wildman–Crippen LogP) is 4.47. The van der Waals surface area contributed by atoms with E-state index in [9.17, 15) is 18.0 Å². The fourth-order valence-electron chi connectivity index (χ4n) is 4.87. The number of ether oxygens (including phenoxy) is 3. The summed E-state index contributed by atoms with van der Waals surface area (Å²) in [5.74, 6) is 0.414. The highest BCUT2D eigenvalue weighted by Gasteiger charge is 2.34. The quantitative estimate of drug-likeness (QED) is 0.286. The molecule has 11 heteroatoms. The van der Waals surface area contributed by atoms with Crippen molar-refractivity contribution in [3.05, 3.63) is 77.4 Å². The molecule has 1 N–H and O–H groups in total. The summed E-state index contributed by atoms with van der Waals surface area (Å²) < 4.78 is 45.5. The number of carbonyl (C=O) groups is 2. The minimum absolute atomic E-state index is 0.0745. The molecule has 3 aromatic rings. The van der Waals surface area contributed by atoms with Crippen LogP contribution in [0.25, 0.3) is 0 Å². The average Bonchev–Trinajstić information content (AvgIpc) is 2.99. The highest BCUT2D eigenvalue weighted by molar-refractivity contribution is 7.92. The third-order valence-electron chi connectivity index (χ3n) is 6.97. The van der Waals surface area contributed by atoms with Gasteiger partial charge >= 0.3 is 0 Å². The summed E-state index contributed by atoms with van der Waals surface area (Å²) in [6, 6.07) is 16.0. The Morgan fingerprint density at radius 1 is 0.837 bits per heavy atom. The Labute approximate surface area is 254 Å². The third kappa shape index (κ3) is 7.98. The molecule has 0 aliphatic carbocycles. The number of benzene rings is 3. The van der Waals surface area contributed by atoms with Crippen LogP contribution in [0.4, 0.5) is 5.69 Å². The second-order valence-corrected chi connectivity index (χ2v) is 11.9. The number of rotatable bonds is 14. The average molecular weight is 612 g/mol. The van der Waals surface area contributed by atoms with E-state index >= 15 is 0 Å². The third-order valence-corrected chi connectivity index (χ3v) is 8.74. The molecule has 0 radical (unpaired) electrons. The van der Waals surface area contributed by atoms with Gasteiger partial charge in [0.15, 0.2) is 11.5 Å². The number of nitrogens with zero attached hydrogens (tertiary/aromatic N) is 2. The van der Waals surface area contributed by atoms with Gasteiger partial charge in [0.05, 0.1) is 31.9 Å². The molecule has 0 spiro atoms. The van der Waals surface area contributed by atoms with Crippen LogP contribution < -0.4 is 23.8 Å². The van der Waals surface area contributed by atoms with Crippen molar-refractivity contribution < 1.29 is 32.2 Å². The van der Waals surface area contributed by atoms with E-state index in [4.69, 9.17) is 14.2 Å². The van der Waals surface area contributed by atoms with Gasteiger partial charge in [-0.15, -0.1) is 0 Å². The van der Waals surface area contributed by atoms with Gasteiger partial charge in [-0.25, -0.2) is 8.42 Å². The van der Waals surface area contributed by atoms with Gasteiger partial charge in [0.2, 0.25) is 11.8 Å². The maximum Gasteiger partial charge on any atom is 0.264 e. The Hall–Kier alpha value is -4.25. The molecular weight excluding hydrogens is 570 g/mol. The van der Waals surface area contributed by atoms with Crippen molar-refractivity contribution in [3.63, 3.8) is 0 Å². The number of aryl methyl sites for hydroxylation is 2. The zero-order valence-electron chi connectivity index (χ0n) is 25.8. The van der Waals surface area contributed by atoms with Gasteiger partial charge in [0.1, 0.15) is 18.3 Å². The van der Waals surface area contributed by atoms with Crippen molar-refractivity contribution in [3.8, 4) is 17.2 Å². The molecule has 2 amide bonds. The van der Waals surface area contributed by atoms with E-state index in [0.717, 1.165) is 21.0 Å². The lowest BCUT2D eigenvalue weighted by molar-refractivity contribution is -0.140. The molecule has 3 rings (SSSR count). The largest absolute Gasteiger partial charge is 0.497 e. The van der Waals surface area contributed by atoms with Crippen molar-refractivity contribution in [2.45, 2.75) is 51.6 Å². The molecule has 0 aliphatic rings. The molecule has 232 valence electrons. The Kier molecular flexibility index (Phi) is 11.4. The van der Waals surface area contributed by atoms with Crippen LogP contribution in [0.15, 0.2) is 65.6 Å². The maximum absolute atomic E-state index is 14.3. The number of hydrogen-bond donors (Lipinski definition) is 1. The molecule has 0 heterocycles.